The van der Waals surface area contributed by atoms with Gasteiger partial charge in [0.25, 0.3) is 0 Å². The molecule has 0 atom stereocenters. The van der Waals surface area contributed by atoms with Crippen LogP contribution in [0.15, 0.2) is 48.5 Å². The van der Waals surface area contributed by atoms with E-state index in [9.17, 15) is 18.0 Å². The summed E-state index contributed by atoms with van der Waals surface area (Å²) in [5, 5.41) is 9.14. The van der Waals surface area contributed by atoms with Crippen LogP contribution in [0.3, 0.4) is 0 Å². The molecule has 1 fully saturated rings. The summed E-state index contributed by atoms with van der Waals surface area (Å²) >= 11 is 0. The summed E-state index contributed by atoms with van der Waals surface area (Å²) in [5.41, 5.74) is 0.743. The predicted molar refractivity (Wildman–Crippen MR) is 94.6 cm³/mol. The Morgan fingerprint density at radius 3 is 2.30 bits per heavy atom. The fourth-order valence-corrected chi connectivity index (χ4v) is 3.56. The predicted octanol–water partition coefficient (Wildman–Crippen LogP) is 5.64. The number of aliphatic carboxylic acids is 1. The summed E-state index contributed by atoms with van der Waals surface area (Å²) in [7, 11) is 0. The summed E-state index contributed by atoms with van der Waals surface area (Å²) < 4.78 is 45.3. The van der Waals surface area contributed by atoms with E-state index < -0.39 is 23.6 Å². The van der Waals surface area contributed by atoms with E-state index in [1.54, 1.807) is 0 Å². The lowest BCUT2D eigenvalue weighted by atomic mass is 9.78. The highest BCUT2D eigenvalue weighted by Gasteiger charge is 2.34. The normalized spacial score (nSPS) is 20.3. The third kappa shape index (κ3) is 4.81. The van der Waals surface area contributed by atoms with Gasteiger partial charge in [-0.15, -0.1) is 0 Å². The maximum absolute atomic E-state index is 13.2. The minimum atomic E-state index is -4.43. The van der Waals surface area contributed by atoms with Crippen LogP contribution in [0.4, 0.5) is 13.2 Å². The van der Waals surface area contributed by atoms with Gasteiger partial charge in [-0.05, 0) is 60.9 Å². The molecule has 1 N–H and O–H groups in total. The van der Waals surface area contributed by atoms with Gasteiger partial charge in [-0.25, -0.2) is 0 Å². The van der Waals surface area contributed by atoms with E-state index in [1.165, 1.54) is 6.07 Å². The molecular formula is C21H21F3O3. The van der Waals surface area contributed by atoms with Crippen LogP contribution in [-0.2, 0) is 17.6 Å². The van der Waals surface area contributed by atoms with E-state index in [2.05, 4.69) is 0 Å². The van der Waals surface area contributed by atoms with E-state index in [0.717, 1.165) is 17.7 Å². The molecule has 0 bridgehead atoms. The Morgan fingerprint density at radius 2 is 1.70 bits per heavy atom. The van der Waals surface area contributed by atoms with E-state index in [4.69, 9.17) is 9.84 Å². The van der Waals surface area contributed by atoms with Gasteiger partial charge < -0.3 is 9.84 Å². The van der Waals surface area contributed by atoms with Crippen molar-refractivity contribution < 1.29 is 27.8 Å². The zero-order valence-corrected chi connectivity index (χ0v) is 14.7. The second kappa shape index (κ2) is 8.03. The summed E-state index contributed by atoms with van der Waals surface area (Å²) in [6.45, 7) is 0.268. The molecule has 0 amide bonds. The van der Waals surface area contributed by atoms with Gasteiger partial charge in [0.1, 0.15) is 12.4 Å². The molecule has 1 saturated carbocycles. The van der Waals surface area contributed by atoms with Crippen molar-refractivity contribution in [1.29, 1.82) is 0 Å². The van der Waals surface area contributed by atoms with Gasteiger partial charge >= 0.3 is 12.1 Å². The number of halogens is 3. The van der Waals surface area contributed by atoms with Gasteiger partial charge in [0.05, 0.1) is 11.5 Å². The van der Waals surface area contributed by atoms with Crippen molar-refractivity contribution in [2.45, 2.75) is 44.4 Å². The molecule has 0 aliphatic heterocycles. The first-order valence-corrected chi connectivity index (χ1v) is 8.95. The minimum absolute atomic E-state index is 0.131. The number of carbonyl (C=O) groups is 1. The standard InChI is InChI=1S/C21H21F3O3/c22-21(23,24)17-10-11-19(27-13-14-4-2-1-3-5-14)18(12-17)15-6-8-16(9-7-15)20(25)26/h1-5,10-12,15-16H,6-9,13H2,(H,25,26). The average molecular weight is 378 g/mol. The number of hydrogen-bond donors (Lipinski definition) is 1. The first-order valence-electron chi connectivity index (χ1n) is 8.95. The highest BCUT2D eigenvalue weighted by molar-refractivity contribution is 5.70. The molecule has 27 heavy (non-hydrogen) atoms. The van der Waals surface area contributed by atoms with Crippen molar-refractivity contribution in [2.75, 3.05) is 0 Å². The Kier molecular flexibility index (Phi) is 5.73. The van der Waals surface area contributed by atoms with Gasteiger partial charge in [-0.2, -0.15) is 13.2 Å². The number of ether oxygens (including phenoxy) is 1. The van der Waals surface area contributed by atoms with Gasteiger partial charge in [-0.3, -0.25) is 4.79 Å². The van der Waals surface area contributed by atoms with Crippen LogP contribution in [0.2, 0.25) is 0 Å². The van der Waals surface area contributed by atoms with Crippen LogP contribution in [0, 0.1) is 5.92 Å². The van der Waals surface area contributed by atoms with Crippen LogP contribution >= 0.6 is 0 Å². The molecule has 2 aromatic carbocycles. The molecule has 0 unspecified atom stereocenters. The highest BCUT2D eigenvalue weighted by Crippen LogP contribution is 2.42. The molecule has 0 saturated heterocycles. The third-order valence-electron chi connectivity index (χ3n) is 5.09. The van der Waals surface area contributed by atoms with Crippen LogP contribution in [0.25, 0.3) is 0 Å². The monoisotopic (exact) mass is 378 g/mol. The molecule has 0 radical (unpaired) electrons. The molecular weight excluding hydrogens is 357 g/mol. The molecule has 0 aromatic heterocycles. The van der Waals surface area contributed by atoms with Crippen molar-refractivity contribution in [3.05, 3.63) is 65.2 Å². The summed E-state index contributed by atoms with van der Waals surface area (Å²) in [6, 6.07) is 13.0. The third-order valence-corrected chi connectivity index (χ3v) is 5.09. The van der Waals surface area contributed by atoms with Crippen molar-refractivity contribution >= 4 is 5.97 Å². The van der Waals surface area contributed by atoms with Crippen LogP contribution in [-0.4, -0.2) is 11.1 Å². The molecule has 0 spiro atoms. The van der Waals surface area contributed by atoms with E-state index >= 15 is 0 Å². The Hall–Kier alpha value is -2.50. The van der Waals surface area contributed by atoms with Crippen LogP contribution in [0.5, 0.6) is 5.75 Å². The quantitative estimate of drug-likeness (QED) is 0.732. The highest BCUT2D eigenvalue weighted by atomic mass is 19.4. The van der Waals surface area contributed by atoms with E-state index in [1.807, 2.05) is 30.3 Å². The Labute approximate surface area is 155 Å². The summed E-state index contributed by atoms with van der Waals surface area (Å²) in [5.74, 6) is -0.946. The van der Waals surface area contributed by atoms with E-state index in [0.29, 0.717) is 37.0 Å². The molecule has 2 aromatic rings. The van der Waals surface area contributed by atoms with Crippen LogP contribution < -0.4 is 4.74 Å². The van der Waals surface area contributed by atoms with Crippen LogP contribution in [0.1, 0.15) is 48.3 Å². The molecule has 144 valence electrons. The molecule has 3 nitrogen and oxygen atoms in total. The first-order chi connectivity index (χ1) is 12.8. The number of carboxylic acids is 1. The molecule has 6 heteroatoms. The molecule has 3 rings (SSSR count). The lowest BCUT2D eigenvalue weighted by Crippen LogP contribution is -2.21. The Morgan fingerprint density at radius 1 is 1.04 bits per heavy atom. The number of benzene rings is 2. The van der Waals surface area contributed by atoms with Gasteiger partial charge in [0, 0.05) is 0 Å². The van der Waals surface area contributed by atoms with Gasteiger partial charge in [0.15, 0.2) is 0 Å². The second-order valence-corrected chi connectivity index (χ2v) is 6.91. The fourth-order valence-electron chi connectivity index (χ4n) is 3.56. The molecule has 1 aliphatic carbocycles. The van der Waals surface area contributed by atoms with Gasteiger partial charge in [-0.1, -0.05) is 30.3 Å². The molecule has 1 aliphatic rings. The smallest absolute Gasteiger partial charge is 0.416 e. The number of hydrogen-bond acceptors (Lipinski definition) is 2. The minimum Gasteiger partial charge on any atom is -0.489 e. The Balaban J connectivity index is 1.83. The topological polar surface area (TPSA) is 46.5 Å². The maximum atomic E-state index is 13.2. The van der Waals surface area contributed by atoms with Gasteiger partial charge in [0.2, 0.25) is 0 Å². The zero-order valence-electron chi connectivity index (χ0n) is 14.7. The SMILES string of the molecule is O=C(O)C1CCC(c2cc(C(F)(F)F)ccc2OCc2ccccc2)CC1. The van der Waals surface area contributed by atoms with Crippen molar-refractivity contribution in [2.24, 2.45) is 5.92 Å². The van der Waals surface area contributed by atoms with Crippen molar-refractivity contribution in [1.82, 2.24) is 0 Å². The zero-order chi connectivity index (χ0) is 19.4. The molecule has 0 heterocycles. The Bertz CT molecular complexity index is 779. The maximum Gasteiger partial charge on any atom is 0.416 e. The lowest BCUT2D eigenvalue weighted by Gasteiger charge is -2.28. The van der Waals surface area contributed by atoms with E-state index in [-0.39, 0.29) is 12.5 Å². The second-order valence-electron chi connectivity index (χ2n) is 6.91. The summed E-state index contributed by atoms with van der Waals surface area (Å²) in [6.07, 6.45) is -2.41. The largest absolute Gasteiger partial charge is 0.489 e. The fraction of sp³-hybridized carbons (Fsp3) is 0.381. The lowest BCUT2D eigenvalue weighted by molar-refractivity contribution is -0.142. The average Bonchev–Trinajstić information content (AvgIpc) is 2.66. The summed E-state index contributed by atoms with van der Waals surface area (Å²) in [4.78, 5) is 11.1. The number of rotatable bonds is 5. The number of alkyl halides is 3. The number of carboxylic acid groups (broad SMARTS) is 1. The first kappa shape index (κ1) is 19.3. The van der Waals surface area contributed by atoms with Crippen molar-refractivity contribution in [3.8, 4) is 5.75 Å². The van der Waals surface area contributed by atoms with Crippen molar-refractivity contribution in [3.63, 3.8) is 0 Å².